The summed E-state index contributed by atoms with van der Waals surface area (Å²) in [7, 11) is -1.28. The van der Waals surface area contributed by atoms with Crippen LogP contribution in [0.3, 0.4) is 0 Å². The summed E-state index contributed by atoms with van der Waals surface area (Å²) in [6.07, 6.45) is 3.20. The van der Waals surface area contributed by atoms with E-state index in [4.69, 9.17) is 14.2 Å². The lowest BCUT2D eigenvalue weighted by Gasteiger charge is -2.33. The first-order valence-electron chi connectivity index (χ1n) is 14.9. The molecule has 4 aromatic rings. The van der Waals surface area contributed by atoms with Crippen molar-refractivity contribution < 1.29 is 32.2 Å². The van der Waals surface area contributed by atoms with Crippen molar-refractivity contribution in [1.29, 1.82) is 0 Å². The average Bonchev–Trinajstić information content (AvgIpc) is 3.50. The Balaban J connectivity index is 1.44. The van der Waals surface area contributed by atoms with Gasteiger partial charge in [0, 0.05) is 52.0 Å². The number of aromatic nitrogens is 4. The monoisotopic (exact) mass is 628 g/mol. The lowest BCUT2D eigenvalue weighted by Crippen LogP contribution is -2.45. The molecule has 0 saturated carbocycles. The number of aryl methyl sites for hydroxylation is 2. The van der Waals surface area contributed by atoms with E-state index < -0.39 is 31.1 Å². The van der Waals surface area contributed by atoms with Gasteiger partial charge in [-0.25, -0.2) is 18.2 Å². The first-order chi connectivity index (χ1) is 20.9. The van der Waals surface area contributed by atoms with E-state index in [2.05, 4.69) is 29.7 Å². The van der Waals surface area contributed by atoms with Gasteiger partial charge in [0.2, 0.25) is 0 Å². The number of halogens is 3. The molecular formula is C32H39F3N4O4Si. The van der Waals surface area contributed by atoms with Crippen LogP contribution < -0.4 is 4.74 Å². The van der Waals surface area contributed by atoms with Crippen LogP contribution in [-0.4, -0.2) is 58.7 Å². The molecule has 8 nitrogen and oxygen atoms in total. The van der Waals surface area contributed by atoms with Gasteiger partial charge in [0.15, 0.2) is 23.1 Å². The summed E-state index contributed by atoms with van der Waals surface area (Å²) in [4.78, 5) is 17.0. The smallest absolute Gasteiger partial charge is 0.198 e. The van der Waals surface area contributed by atoms with Crippen molar-refractivity contribution in [3.05, 3.63) is 59.6 Å². The third-order valence-corrected chi connectivity index (χ3v) is 9.37. The van der Waals surface area contributed by atoms with Gasteiger partial charge in [0.25, 0.3) is 0 Å². The summed E-state index contributed by atoms with van der Waals surface area (Å²) in [6, 6.07) is 6.69. The highest BCUT2D eigenvalue weighted by Gasteiger charge is 2.38. The molecule has 5 rings (SSSR count). The molecule has 3 aromatic heterocycles. The van der Waals surface area contributed by atoms with Crippen molar-refractivity contribution in [3.63, 3.8) is 0 Å². The number of ketones is 1. The average molecular weight is 629 g/mol. The maximum Gasteiger partial charge on any atom is 0.198 e. The number of carbonyl (C=O) groups is 1. The number of fused-ring (bicyclic) bond motifs is 1. The number of alkyl halides is 1. The van der Waals surface area contributed by atoms with Crippen LogP contribution in [0.2, 0.25) is 25.7 Å². The lowest BCUT2D eigenvalue weighted by molar-refractivity contribution is -0.139. The number of Topliss-reactive ketones (excluding diaryl/α,β-unsaturated/α-hetero) is 1. The highest BCUT2D eigenvalue weighted by atomic mass is 28.3. The topological polar surface area (TPSA) is 80.4 Å². The molecule has 0 unspecified atom stereocenters. The molecule has 0 bridgehead atoms. The molecular weight excluding hydrogens is 589 g/mol. The van der Waals surface area contributed by atoms with E-state index in [1.54, 1.807) is 6.07 Å². The van der Waals surface area contributed by atoms with Gasteiger partial charge >= 0.3 is 0 Å². The molecule has 0 atom stereocenters. The zero-order valence-corrected chi connectivity index (χ0v) is 26.9. The normalized spacial score (nSPS) is 14.6. The van der Waals surface area contributed by atoms with Gasteiger partial charge in [-0.15, -0.1) is 0 Å². The molecule has 1 aliphatic heterocycles. The van der Waals surface area contributed by atoms with Gasteiger partial charge in [-0.3, -0.25) is 9.48 Å². The lowest BCUT2D eigenvalue weighted by atomic mass is 9.95. The van der Waals surface area contributed by atoms with Crippen LogP contribution in [0.25, 0.3) is 22.3 Å². The molecule has 1 saturated heterocycles. The highest BCUT2D eigenvalue weighted by Crippen LogP contribution is 2.40. The van der Waals surface area contributed by atoms with Crippen molar-refractivity contribution in [2.24, 2.45) is 0 Å². The van der Waals surface area contributed by atoms with Crippen LogP contribution in [0, 0.1) is 18.6 Å². The predicted octanol–water partition coefficient (Wildman–Crippen LogP) is 7.24. The second-order valence-corrected chi connectivity index (χ2v) is 18.3. The van der Waals surface area contributed by atoms with E-state index in [0.717, 1.165) is 35.1 Å². The van der Waals surface area contributed by atoms with Gasteiger partial charge in [0.1, 0.15) is 23.9 Å². The molecule has 0 spiro atoms. The van der Waals surface area contributed by atoms with Gasteiger partial charge in [0.05, 0.1) is 30.0 Å². The molecule has 1 fully saturated rings. The summed E-state index contributed by atoms with van der Waals surface area (Å²) in [5, 5.41) is 5.14. The van der Waals surface area contributed by atoms with Crippen molar-refractivity contribution in [1.82, 2.24) is 19.3 Å². The SMILES string of the molecule is CCn1nc(C)cc1-c1cn(COCC[Si](C)(C)C)c2nccc(Oc3c(F)cc(CC(=O)CCC4(F)COC4)cc3F)c12. The Morgan fingerprint density at radius 1 is 1.16 bits per heavy atom. The fraction of sp³-hybridized carbons (Fsp3) is 0.469. The number of ether oxygens (including phenoxy) is 3. The van der Waals surface area contributed by atoms with E-state index in [1.807, 2.05) is 35.4 Å². The molecule has 0 radical (unpaired) electrons. The van der Waals surface area contributed by atoms with Crippen molar-refractivity contribution in [2.75, 3.05) is 19.8 Å². The Labute approximate surface area is 256 Å². The van der Waals surface area contributed by atoms with E-state index in [9.17, 15) is 9.18 Å². The third-order valence-electron chi connectivity index (χ3n) is 7.67. The van der Waals surface area contributed by atoms with Crippen molar-refractivity contribution in [3.8, 4) is 22.8 Å². The molecule has 0 aliphatic carbocycles. The zero-order valence-electron chi connectivity index (χ0n) is 25.9. The molecule has 0 N–H and O–H groups in total. The summed E-state index contributed by atoms with van der Waals surface area (Å²) < 4.78 is 65.4. The second-order valence-electron chi connectivity index (χ2n) is 12.7. The van der Waals surface area contributed by atoms with Crippen LogP contribution in [0.4, 0.5) is 13.2 Å². The number of benzene rings is 1. The largest absolute Gasteiger partial charge is 0.450 e. The van der Waals surface area contributed by atoms with Crippen LogP contribution in [0.5, 0.6) is 11.5 Å². The number of hydrogen-bond acceptors (Lipinski definition) is 6. The summed E-state index contributed by atoms with van der Waals surface area (Å²) in [5.74, 6) is -2.58. The molecule has 236 valence electrons. The molecule has 1 aromatic carbocycles. The Hall–Kier alpha value is -3.48. The van der Waals surface area contributed by atoms with Gasteiger partial charge < -0.3 is 18.8 Å². The predicted molar refractivity (Wildman–Crippen MR) is 165 cm³/mol. The summed E-state index contributed by atoms with van der Waals surface area (Å²) in [6.45, 7) is 12.2. The van der Waals surface area contributed by atoms with Crippen LogP contribution in [-0.2, 0) is 34.0 Å². The number of nitrogens with zero attached hydrogens (tertiary/aromatic N) is 4. The minimum Gasteiger partial charge on any atom is -0.450 e. The van der Waals surface area contributed by atoms with Crippen molar-refractivity contribution in [2.45, 2.75) is 77.7 Å². The molecule has 44 heavy (non-hydrogen) atoms. The Bertz CT molecular complexity index is 1640. The fourth-order valence-corrected chi connectivity index (χ4v) is 5.93. The minimum absolute atomic E-state index is 0.0256. The minimum atomic E-state index is -1.49. The molecule has 4 heterocycles. The number of hydrogen-bond donors (Lipinski definition) is 0. The van der Waals surface area contributed by atoms with E-state index in [-0.39, 0.29) is 56.3 Å². The fourth-order valence-electron chi connectivity index (χ4n) is 5.18. The number of rotatable bonds is 14. The second kappa shape index (κ2) is 12.9. The van der Waals surface area contributed by atoms with E-state index >= 15 is 8.78 Å². The standard InChI is InChI=1S/C32H39F3N4O4Si/c1-6-39-27(13-21(2)37-39)24-17-38(20-41-11-12-44(3,4)5)31-29(24)28(8-10-36-31)43-30-25(33)15-22(16-26(30)34)14-23(40)7-9-32(35)18-42-19-32/h8,10,13,15-17H,6-7,9,11-12,14,18-20H2,1-5H3. The first kappa shape index (κ1) is 31.9. The summed E-state index contributed by atoms with van der Waals surface area (Å²) >= 11 is 0. The van der Waals surface area contributed by atoms with Gasteiger partial charge in [-0.1, -0.05) is 19.6 Å². The highest BCUT2D eigenvalue weighted by molar-refractivity contribution is 6.76. The quantitative estimate of drug-likeness (QED) is 0.108. The molecule has 0 amide bonds. The summed E-state index contributed by atoms with van der Waals surface area (Å²) in [5.41, 5.74) is 1.57. The number of carbonyl (C=O) groups excluding carboxylic acids is 1. The first-order valence-corrected chi connectivity index (χ1v) is 18.6. The van der Waals surface area contributed by atoms with Crippen LogP contribution in [0.1, 0.15) is 31.0 Å². The zero-order chi connectivity index (χ0) is 31.6. The van der Waals surface area contributed by atoms with Gasteiger partial charge in [-0.2, -0.15) is 5.10 Å². The van der Waals surface area contributed by atoms with Gasteiger partial charge in [-0.05, 0) is 56.1 Å². The maximum absolute atomic E-state index is 15.3. The Morgan fingerprint density at radius 3 is 2.52 bits per heavy atom. The molecule has 1 aliphatic rings. The van der Waals surface area contributed by atoms with E-state index in [0.29, 0.717) is 24.2 Å². The van der Waals surface area contributed by atoms with E-state index in [1.165, 1.54) is 6.20 Å². The maximum atomic E-state index is 15.3. The van der Waals surface area contributed by atoms with Crippen molar-refractivity contribution >= 4 is 24.9 Å². The number of pyridine rings is 1. The Kier molecular flexibility index (Phi) is 9.33. The molecule has 12 heteroatoms. The van der Waals surface area contributed by atoms with Crippen LogP contribution >= 0.6 is 0 Å². The third kappa shape index (κ3) is 7.24. The van der Waals surface area contributed by atoms with Crippen LogP contribution in [0.15, 0.2) is 36.7 Å². The Morgan fingerprint density at radius 2 is 1.89 bits per heavy atom.